The fraction of sp³-hybridized carbons (Fsp3) is 0. The second kappa shape index (κ2) is 16.8. The highest BCUT2D eigenvalue weighted by Crippen LogP contribution is 2.48. The molecule has 2 heteroatoms. The molecule has 0 radical (unpaired) electrons. The fourth-order valence-corrected chi connectivity index (χ4v) is 9.94. The topological polar surface area (TPSA) is 8.17 Å². The summed E-state index contributed by atoms with van der Waals surface area (Å²) in [6.07, 6.45) is 0. The van der Waals surface area contributed by atoms with Gasteiger partial charge in [-0.3, -0.25) is 0 Å². The zero-order valence-corrected chi connectivity index (χ0v) is 36.3. The van der Waals surface area contributed by atoms with Gasteiger partial charge in [-0.1, -0.05) is 212 Å². The Balaban J connectivity index is 1.05. The van der Waals surface area contributed by atoms with Gasteiger partial charge in [0, 0.05) is 33.4 Å². The maximum Gasteiger partial charge on any atom is 0.0547 e. The zero-order chi connectivity index (χ0) is 43.8. The smallest absolute Gasteiger partial charge is 0.0547 e. The van der Waals surface area contributed by atoms with Crippen LogP contribution in [-0.4, -0.2) is 4.57 Å². The van der Waals surface area contributed by atoms with Crippen molar-refractivity contribution in [3.63, 3.8) is 0 Å². The molecule has 0 unspecified atom stereocenters. The minimum absolute atomic E-state index is 1.07. The van der Waals surface area contributed by atoms with E-state index in [0.29, 0.717) is 0 Å². The maximum atomic E-state index is 2.44. The highest BCUT2D eigenvalue weighted by molar-refractivity contribution is 6.10. The van der Waals surface area contributed by atoms with Crippen LogP contribution in [0.4, 0.5) is 17.1 Å². The Kier molecular flexibility index (Phi) is 9.89. The van der Waals surface area contributed by atoms with E-state index in [4.69, 9.17) is 0 Å². The van der Waals surface area contributed by atoms with Crippen LogP contribution in [0.15, 0.2) is 267 Å². The lowest BCUT2D eigenvalue weighted by molar-refractivity contribution is 1.18. The molecule has 0 aliphatic rings. The number of hydrogen-bond acceptors (Lipinski definition) is 1. The highest BCUT2D eigenvalue weighted by atomic mass is 15.1. The molecule has 0 atom stereocenters. The van der Waals surface area contributed by atoms with Gasteiger partial charge >= 0.3 is 0 Å². The third kappa shape index (κ3) is 6.93. The maximum absolute atomic E-state index is 2.44. The van der Waals surface area contributed by atoms with Gasteiger partial charge in [-0.15, -0.1) is 0 Å². The van der Waals surface area contributed by atoms with Gasteiger partial charge in [0.25, 0.3) is 0 Å². The van der Waals surface area contributed by atoms with Crippen LogP contribution in [-0.2, 0) is 0 Å². The predicted molar refractivity (Wildman–Crippen MR) is 280 cm³/mol. The molecule has 12 aromatic rings. The van der Waals surface area contributed by atoms with E-state index in [1.165, 1.54) is 82.6 Å². The van der Waals surface area contributed by atoms with Crippen molar-refractivity contribution in [2.75, 3.05) is 4.90 Å². The summed E-state index contributed by atoms with van der Waals surface area (Å²) >= 11 is 0. The molecule has 0 bridgehead atoms. The standard InChI is InChI=1S/C64H44N2/c1-4-18-46(19-5-1)56-27-12-13-29-60(56)64-57(48-20-6-2-7-21-48)31-17-33-62(64)65(53-41-36-49(37-42-53)55-30-16-23-47-22-10-11-26-54(47)55)52-39-34-45(35-40-52)50-38-43-59-58-28-14-15-32-61(58)66(63(59)44-50)51-24-8-3-9-25-51/h1-44H. The number of para-hydroxylation sites is 2. The van der Waals surface area contributed by atoms with Gasteiger partial charge in [0.05, 0.1) is 16.7 Å². The summed E-state index contributed by atoms with van der Waals surface area (Å²) in [4.78, 5) is 2.44. The molecular weight excluding hydrogens is 797 g/mol. The van der Waals surface area contributed by atoms with Gasteiger partial charge in [-0.2, -0.15) is 0 Å². The number of nitrogens with zero attached hydrogens (tertiary/aromatic N) is 2. The van der Waals surface area contributed by atoms with Gasteiger partial charge in [-0.05, 0) is 115 Å². The van der Waals surface area contributed by atoms with E-state index in [2.05, 4.69) is 276 Å². The van der Waals surface area contributed by atoms with Crippen LogP contribution in [0.3, 0.4) is 0 Å². The molecule has 310 valence electrons. The van der Waals surface area contributed by atoms with Crippen LogP contribution in [0.2, 0.25) is 0 Å². The van der Waals surface area contributed by atoms with E-state index in [1.807, 2.05) is 0 Å². The van der Waals surface area contributed by atoms with Gasteiger partial charge in [-0.25, -0.2) is 0 Å². The molecule has 0 amide bonds. The molecule has 0 fully saturated rings. The summed E-state index contributed by atoms with van der Waals surface area (Å²) in [5.74, 6) is 0. The molecule has 66 heavy (non-hydrogen) atoms. The zero-order valence-electron chi connectivity index (χ0n) is 36.3. The molecule has 0 aliphatic carbocycles. The van der Waals surface area contributed by atoms with Crippen LogP contribution in [0.5, 0.6) is 0 Å². The quantitative estimate of drug-likeness (QED) is 0.141. The number of anilines is 3. The largest absolute Gasteiger partial charge is 0.310 e. The fourth-order valence-electron chi connectivity index (χ4n) is 9.94. The molecular formula is C64H44N2. The van der Waals surface area contributed by atoms with Crippen molar-refractivity contribution in [3.8, 4) is 61.3 Å². The first kappa shape index (κ1) is 38.9. The minimum atomic E-state index is 1.07. The molecule has 0 spiro atoms. The van der Waals surface area contributed by atoms with E-state index >= 15 is 0 Å². The van der Waals surface area contributed by atoms with E-state index in [1.54, 1.807) is 0 Å². The van der Waals surface area contributed by atoms with Crippen molar-refractivity contribution in [2.24, 2.45) is 0 Å². The Labute approximate surface area is 385 Å². The molecule has 1 aromatic heterocycles. The SMILES string of the molecule is c1ccc(-c2ccccc2-c2c(-c3ccccc3)cccc2N(c2ccc(-c3ccc4c5ccccc5n(-c5ccccc5)c4c3)cc2)c2ccc(-c3cccc4ccccc34)cc2)cc1. The lowest BCUT2D eigenvalue weighted by Crippen LogP contribution is -2.12. The van der Waals surface area contributed by atoms with Crippen LogP contribution in [0.25, 0.3) is 93.9 Å². The summed E-state index contributed by atoms with van der Waals surface area (Å²) in [6, 6.07) is 96.9. The Hall–Kier alpha value is -8.72. The average Bonchev–Trinajstić information content (AvgIpc) is 3.73. The molecule has 1 heterocycles. The number of rotatable bonds is 9. The van der Waals surface area contributed by atoms with E-state index in [0.717, 1.165) is 28.3 Å². The van der Waals surface area contributed by atoms with Crippen LogP contribution >= 0.6 is 0 Å². The van der Waals surface area contributed by atoms with Crippen LogP contribution < -0.4 is 4.90 Å². The van der Waals surface area contributed by atoms with Gasteiger partial charge in [0.15, 0.2) is 0 Å². The van der Waals surface area contributed by atoms with Gasteiger partial charge in [0.2, 0.25) is 0 Å². The van der Waals surface area contributed by atoms with Crippen molar-refractivity contribution >= 4 is 49.6 Å². The number of aromatic nitrogens is 1. The first-order valence-corrected chi connectivity index (χ1v) is 22.7. The third-order valence-corrected chi connectivity index (χ3v) is 13.0. The van der Waals surface area contributed by atoms with E-state index < -0.39 is 0 Å². The van der Waals surface area contributed by atoms with Gasteiger partial charge < -0.3 is 9.47 Å². The van der Waals surface area contributed by atoms with Crippen molar-refractivity contribution in [3.05, 3.63) is 267 Å². The van der Waals surface area contributed by atoms with Crippen LogP contribution in [0, 0.1) is 0 Å². The lowest BCUT2D eigenvalue weighted by Gasteiger charge is -2.30. The Morgan fingerprint density at radius 1 is 0.273 bits per heavy atom. The monoisotopic (exact) mass is 840 g/mol. The van der Waals surface area contributed by atoms with Crippen molar-refractivity contribution in [2.45, 2.75) is 0 Å². The summed E-state index contributed by atoms with van der Waals surface area (Å²) in [6.45, 7) is 0. The van der Waals surface area contributed by atoms with E-state index in [9.17, 15) is 0 Å². The second-order valence-corrected chi connectivity index (χ2v) is 16.9. The lowest BCUT2D eigenvalue weighted by atomic mass is 9.87. The minimum Gasteiger partial charge on any atom is -0.310 e. The van der Waals surface area contributed by atoms with Crippen LogP contribution in [0.1, 0.15) is 0 Å². The predicted octanol–water partition coefficient (Wildman–Crippen LogP) is 17.7. The second-order valence-electron chi connectivity index (χ2n) is 16.9. The number of hydrogen-bond donors (Lipinski definition) is 0. The Morgan fingerprint density at radius 3 is 1.48 bits per heavy atom. The first-order valence-electron chi connectivity index (χ1n) is 22.7. The molecule has 0 aliphatic heterocycles. The molecule has 11 aromatic carbocycles. The highest BCUT2D eigenvalue weighted by Gasteiger charge is 2.23. The van der Waals surface area contributed by atoms with E-state index in [-0.39, 0.29) is 0 Å². The summed E-state index contributed by atoms with van der Waals surface area (Å²) in [5.41, 5.74) is 18.6. The number of fused-ring (bicyclic) bond motifs is 4. The molecule has 0 saturated heterocycles. The summed E-state index contributed by atoms with van der Waals surface area (Å²) < 4.78 is 2.39. The third-order valence-electron chi connectivity index (χ3n) is 13.0. The first-order chi connectivity index (χ1) is 32.8. The normalized spacial score (nSPS) is 11.3. The summed E-state index contributed by atoms with van der Waals surface area (Å²) in [5, 5.41) is 4.98. The Morgan fingerprint density at radius 2 is 0.758 bits per heavy atom. The van der Waals surface area contributed by atoms with Crippen molar-refractivity contribution in [1.82, 2.24) is 4.57 Å². The van der Waals surface area contributed by atoms with Crippen molar-refractivity contribution in [1.29, 1.82) is 0 Å². The molecule has 0 saturated carbocycles. The summed E-state index contributed by atoms with van der Waals surface area (Å²) in [7, 11) is 0. The Bertz CT molecular complexity index is 3660. The van der Waals surface area contributed by atoms with Gasteiger partial charge in [0.1, 0.15) is 0 Å². The molecule has 0 N–H and O–H groups in total. The molecule has 2 nitrogen and oxygen atoms in total. The average molecular weight is 841 g/mol. The number of benzene rings is 11. The van der Waals surface area contributed by atoms with Crippen molar-refractivity contribution < 1.29 is 0 Å². The molecule has 12 rings (SSSR count).